The van der Waals surface area contributed by atoms with Gasteiger partial charge in [-0.05, 0) is 37.3 Å². The summed E-state index contributed by atoms with van der Waals surface area (Å²) < 4.78 is 5.76. The van der Waals surface area contributed by atoms with Gasteiger partial charge >= 0.3 is 0 Å². The summed E-state index contributed by atoms with van der Waals surface area (Å²) in [6, 6.07) is 22.5. The molecule has 0 aliphatic rings. The molecule has 0 spiro atoms. The second kappa shape index (κ2) is 7.42. The summed E-state index contributed by atoms with van der Waals surface area (Å²) in [5.74, 6) is 1.12. The number of aromatic nitrogens is 1. The summed E-state index contributed by atoms with van der Waals surface area (Å²) in [4.78, 5) is 16.8. The molecule has 24 heavy (non-hydrogen) atoms. The summed E-state index contributed by atoms with van der Waals surface area (Å²) >= 11 is 0. The van der Waals surface area contributed by atoms with E-state index < -0.39 is 0 Å². The zero-order valence-corrected chi connectivity index (χ0v) is 13.4. The zero-order chi connectivity index (χ0) is 16.8. The number of hydrogen-bond acceptors (Lipinski definition) is 3. The molecular weight excluding hydrogens is 300 g/mol. The number of carbonyl (C=O) groups excluding carboxylic acids is 1. The number of nitrogens with one attached hydrogen (secondary N) is 1. The van der Waals surface area contributed by atoms with E-state index in [1.54, 1.807) is 12.1 Å². The standard InChI is InChI=1S/C20H18N2O2/c1-15-8-7-13-19(21-15)22-20(23)18-12-6-5-9-16(18)14-24-17-10-3-2-4-11-17/h2-13H,14H2,1H3,(H,21,22,23). The summed E-state index contributed by atoms with van der Waals surface area (Å²) in [7, 11) is 0. The van der Waals surface area contributed by atoms with Crippen LogP contribution in [0.1, 0.15) is 21.6 Å². The van der Waals surface area contributed by atoms with Crippen LogP contribution in [-0.4, -0.2) is 10.9 Å². The highest BCUT2D eigenvalue weighted by molar-refractivity contribution is 6.04. The number of nitrogens with zero attached hydrogens (tertiary/aromatic N) is 1. The van der Waals surface area contributed by atoms with Crippen molar-refractivity contribution in [1.29, 1.82) is 0 Å². The third kappa shape index (κ3) is 3.98. The molecule has 1 aromatic heterocycles. The van der Waals surface area contributed by atoms with Crippen LogP contribution in [0.4, 0.5) is 5.82 Å². The van der Waals surface area contributed by atoms with Gasteiger partial charge in [0.1, 0.15) is 18.2 Å². The van der Waals surface area contributed by atoms with E-state index in [-0.39, 0.29) is 5.91 Å². The van der Waals surface area contributed by atoms with Gasteiger partial charge in [-0.1, -0.05) is 42.5 Å². The molecule has 0 aliphatic heterocycles. The second-order valence-corrected chi connectivity index (χ2v) is 5.38. The minimum absolute atomic E-state index is 0.194. The molecule has 3 aromatic rings. The maximum atomic E-state index is 12.6. The first-order valence-electron chi connectivity index (χ1n) is 7.73. The molecule has 0 bridgehead atoms. The monoisotopic (exact) mass is 318 g/mol. The van der Waals surface area contributed by atoms with Gasteiger partial charge in [0, 0.05) is 16.8 Å². The third-order valence-corrected chi connectivity index (χ3v) is 3.53. The summed E-state index contributed by atoms with van der Waals surface area (Å²) in [5.41, 5.74) is 2.26. The summed E-state index contributed by atoms with van der Waals surface area (Å²) in [6.45, 7) is 2.21. The third-order valence-electron chi connectivity index (χ3n) is 3.53. The molecular formula is C20H18N2O2. The minimum atomic E-state index is -0.194. The molecule has 1 amide bonds. The molecule has 3 rings (SSSR count). The van der Waals surface area contributed by atoms with Crippen LogP contribution in [0, 0.1) is 6.92 Å². The number of hydrogen-bond donors (Lipinski definition) is 1. The first kappa shape index (κ1) is 15.7. The van der Waals surface area contributed by atoms with Gasteiger partial charge in [0.05, 0.1) is 0 Å². The van der Waals surface area contributed by atoms with E-state index in [9.17, 15) is 4.79 Å². The quantitative estimate of drug-likeness (QED) is 0.766. The van der Waals surface area contributed by atoms with Crippen molar-refractivity contribution in [2.45, 2.75) is 13.5 Å². The van der Waals surface area contributed by atoms with Gasteiger partial charge in [-0.3, -0.25) is 4.79 Å². The fourth-order valence-corrected chi connectivity index (χ4v) is 2.34. The van der Waals surface area contributed by atoms with Gasteiger partial charge in [0.25, 0.3) is 5.91 Å². The van der Waals surface area contributed by atoms with Crippen molar-refractivity contribution in [3.05, 3.63) is 89.6 Å². The molecule has 0 aliphatic carbocycles. The van der Waals surface area contributed by atoms with Gasteiger partial charge in [-0.15, -0.1) is 0 Å². The van der Waals surface area contributed by atoms with Crippen LogP contribution in [-0.2, 0) is 6.61 Å². The largest absolute Gasteiger partial charge is 0.489 e. The molecule has 4 nitrogen and oxygen atoms in total. The molecule has 0 saturated carbocycles. The van der Waals surface area contributed by atoms with Crippen LogP contribution in [0.5, 0.6) is 5.75 Å². The van der Waals surface area contributed by atoms with Gasteiger partial charge in [0.15, 0.2) is 0 Å². The number of rotatable bonds is 5. The Kier molecular flexibility index (Phi) is 4.87. The molecule has 1 N–H and O–H groups in total. The minimum Gasteiger partial charge on any atom is -0.489 e. The van der Waals surface area contributed by atoms with Crippen LogP contribution >= 0.6 is 0 Å². The molecule has 2 aromatic carbocycles. The Morgan fingerprint density at radius 2 is 1.71 bits per heavy atom. The molecule has 1 heterocycles. The molecule has 4 heteroatoms. The van der Waals surface area contributed by atoms with Crippen LogP contribution in [0.25, 0.3) is 0 Å². The molecule has 0 fully saturated rings. The average Bonchev–Trinajstić information content (AvgIpc) is 2.61. The Balaban J connectivity index is 1.74. The predicted molar refractivity (Wildman–Crippen MR) is 94.1 cm³/mol. The van der Waals surface area contributed by atoms with E-state index in [4.69, 9.17) is 4.74 Å². The Labute approximate surface area is 141 Å². The van der Waals surface area contributed by atoms with Crippen molar-refractivity contribution < 1.29 is 9.53 Å². The van der Waals surface area contributed by atoms with Crippen molar-refractivity contribution in [3.63, 3.8) is 0 Å². The van der Waals surface area contributed by atoms with Crippen molar-refractivity contribution in [2.24, 2.45) is 0 Å². The highest BCUT2D eigenvalue weighted by atomic mass is 16.5. The zero-order valence-electron chi connectivity index (χ0n) is 13.4. The topological polar surface area (TPSA) is 51.2 Å². The van der Waals surface area contributed by atoms with Crippen LogP contribution < -0.4 is 10.1 Å². The maximum Gasteiger partial charge on any atom is 0.257 e. The lowest BCUT2D eigenvalue weighted by molar-refractivity contribution is 0.102. The van der Waals surface area contributed by atoms with Crippen molar-refractivity contribution in [3.8, 4) is 5.75 Å². The first-order valence-corrected chi connectivity index (χ1v) is 7.73. The van der Waals surface area contributed by atoms with Gasteiger partial charge in [0.2, 0.25) is 0 Å². The van der Waals surface area contributed by atoms with Gasteiger partial charge in [-0.2, -0.15) is 0 Å². The normalized spacial score (nSPS) is 10.2. The fraction of sp³-hybridized carbons (Fsp3) is 0.100. The van der Waals surface area contributed by atoms with Crippen molar-refractivity contribution >= 4 is 11.7 Å². The Hall–Kier alpha value is -3.14. The SMILES string of the molecule is Cc1cccc(NC(=O)c2ccccc2COc2ccccc2)n1. The van der Waals surface area contributed by atoms with Crippen LogP contribution in [0.15, 0.2) is 72.8 Å². The van der Waals surface area contributed by atoms with E-state index in [2.05, 4.69) is 10.3 Å². The Bertz CT molecular complexity index is 832. The van der Waals surface area contributed by atoms with E-state index in [1.807, 2.05) is 67.6 Å². The number of carbonyl (C=O) groups is 1. The Morgan fingerprint density at radius 1 is 0.958 bits per heavy atom. The van der Waals surface area contributed by atoms with Crippen LogP contribution in [0.2, 0.25) is 0 Å². The van der Waals surface area contributed by atoms with Crippen LogP contribution in [0.3, 0.4) is 0 Å². The maximum absolute atomic E-state index is 12.6. The van der Waals surface area contributed by atoms with Crippen molar-refractivity contribution in [1.82, 2.24) is 4.98 Å². The Morgan fingerprint density at radius 3 is 2.50 bits per heavy atom. The predicted octanol–water partition coefficient (Wildman–Crippen LogP) is 4.22. The lowest BCUT2D eigenvalue weighted by atomic mass is 10.1. The van der Waals surface area contributed by atoms with Gasteiger partial charge < -0.3 is 10.1 Å². The molecule has 0 radical (unpaired) electrons. The number of benzene rings is 2. The lowest BCUT2D eigenvalue weighted by Gasteiger charge is -2.11. The number of amides is 1. The van der Waals surface area contributed by atoms with E-state index in [0.29, 0.717) is 18.0 Å². The number of para-hydroxylation sites is 1. The highest BCUT2D eigenvalue weighted by Gasteiger charge is 2.12. The average molecular weight is 318 g/mol. The van der Waals surface area contributed by atoms with E-state index in [1.165, 1.54) is 0 Å². The molecule has 0 unspecified atom stereocenters. The summed E-state index contributed by atoms with van der Waals surface area (Å²) in [5, 5.41) is 2.83. The van der Waals surface area contributed by atoms with E-state index >= 15 is 0 Å². The molecule has 0 saturated heterocycles. The smallest absolute Gasteiger partial charge is 0.257 e. The fourth-order valence-electron chi connectivity index (χ4n) is 2.34. The number of ether oxygens (including phenoxy) is 1. The summed E-state index contributed by atoms with van der Waals surface area (Å²) in [6.07, 6.45) is 0. The lowest BCUT2D eigenvalue weighted by Crippen LogP contribution is -2.16. The van der Waals surface area contributed by atoms with Crippen molar-refractivity contribution in [2.75, 3.05) is 5.32 Å². The van der Waals surface area contributed by atoms with E-state index in [0.717, 1.165) is 17.0 Å². The first-order chi connectivity index (χ1) is 11.7. The number of pyridine rings is 1. The number of anilines is 1. The number of aryl methyl sites for hydroxylation is 1. The molecule has 0 atom stereocenters. The molecule has 120 valence electrons. The van der Waals surface area contributed by atoms with Gasteiger partial charge in [-0.25, -0.2) is 4.98 Å². The highest BCUT2D eigenvalue weighted by Crippen LogP contribution is 2.16. The second-order valence-electron chi connectivity index (χ2n) is 5.38.